The fourth-order valence-corrected chi connectivity index (χ4v) is 3.17. The van der Waals surface area contributed by atoms with E-state index in [4.69, 9.17) is 21.7 Å². The van der Waals surface area contributed by atoms with Crippen LogP contribution in [0.5, 0.6) is 11.5 Å². The van der Waals surface area contributed by atoms with E-state index < -0.39 is 10.0 Å². The first-order valence-electron chi connectivity index (χ1n) is 8.58. The third kappa shape index (κ3) is 6.28. The largest absolute Gasteiger partial charge is 0.493 e. The van der Waals surface area contributed by atoms with Gasteiger partial charge in [-0.1, -0.05) is 18.2 Å². The van der Waals surface area contributed by atoms with Crippen LogP contribution in [0.2, 0.25) is 0 Å². The fourth-order valence-electron chi connectivity index (χ4n) is 2.36. The van der Waals surface area contributed by atoms with Crippen LogP contribution in [0.25, 0.3) is 0 Å². The van der Waals surface area contributed by atoms with Gasteiger partial charge in [0, 0.05) is 12.7 Å². The van der Waals surface area contributed by atoms with Crippen LogP contribution in [-0.2, 0) is 10.0 Å². The number of benzene rings is 2. The van der Waals surface area contributed by atoms with Crippen LogP contribution in [0.3, 0.4) is 0 Å². The number of hydrogen-bond acceptors (Lipinski definition) is 5. The summed E-state index contributed by atoms with van der Waals surface area (Å²) in [7, 11) is -0.232. The Morgan fingerprint density at radius 1 is 1.18 bits per heavy atom. The standard InChI is InChI=1S/C19H25N3O4S2/c1-14(13-26-18-11-6-5-10-17(18)25-3)20-19(27)21-15-8-7-9-16(12-15)22(2)28(4,23)24/h5-12,14H,13H2,1-4H3,(H2,20,21,27). The molecular weight excluding hydrogens is 398 g/mol. The topological polar surface area (TPSA) is 79.9 Å². The van der Waals surface area contributed by atoms with Crippen LogP contribution in [-0.4, -0.2) is 46.6 Å². The Balaban J connectivity index is 1.91. The maximum absolute atomic E-state index is 11.7. The third-order valence-electron chi connectivity index (χ3n) is 3.90. The van der Waals surface area contributed by atoms with Crippen LogP contribution in [0.4, 0.5) is 11.4 Å². The molecule has 2 rings (SSSR count). The number of sulfonamides is 1. The van der Waals surface area contributed by atoms with E-state index in [1.807, 2.05) is 37.3 Å². The summed E-state index contributed by atoms with van der Waals surface area (Å²) in [5.74, 6) is 1.33. The van der Waals surface area contributed by atoms with Gasteiger partial charge in [-0.2, -0.15) is 0 Å². The number of ether oxygens (including phenoxy) is 2. The van der Waals surface area contributed by atoms with Gasteiger partial charge in [0.15, 0.2) is 16.6 Å². The molecule has 2 N–H and O–H groups in total. The van der Waals surface area contributed by atoms with Gasteiger partial charge in [-0.25, -0.2) is 8.42 Å². The van der Waals surface area contributed by atoms with Crippen LogP contribution >= 0.6 is 12.2 Å². The lowest BCUT2D eigenvalue weighted by Crippen LogP contribution is -2.39. The number of nitrogens with one attached hydrogen (secondary N) is 2. The zero-order chi connectivity index (χ0) is 20.7. The molecule has 2 aromatic carbocycles. The number of hydrogen-bond donors (Lipinski definition) is 2. The summed E-state index contributed by atoms with van der Waals surface area (Å²) < 4.78 is 35.6. The van der Waals surface area contributed by atoms with Gasteiger partial charge in [0.2, 0.25) is 10.0 Å². The molecule has 0 aliphatic rings. The molecule has 0 aliphatic carbocycles. The van der Waals surface area contributed by atoms with Crippen LogP contribution in [0.15, 0.2) is 48.5 Å². The van der Waals surface area contributed by atoms with Crippen LogP contribution in [0.1, 0.15) is 6.92 Å². The van der Waals surface area contributed by atoms with E-state index in [1.165, 1.54) is 11.4 Å². The molecule has 0 spiro atoms. The summed E-state index contributed by atoms with van der Waals surface area (Å²) in [6.45, 7) is 2.33. The zero-order valence-corrected chi connectivity index (χ0v) is 17.9. The molecule has 0 aromatic heterocycles. The lowest BCUT2D eigenvalue weighted by molar-refractivity contribution is 0.270. The normalized spacial score (nSPS) is 12.0. The van der Waals surface area contributed by atoms with Crippen molar-refractivity contribution in [3.05, 3.63) is 48.5 Å². The number of methoxy groups -OCH3 is 1. The molecule has 1 unspecified atom stereocenters. The van der Waals surface area contributed by atoms with Gasteiger partial charge in [-0.15, -0.1) is 0 Å². The molecule has 0 saturated carbocycles. The summed E-state index contributed by atoms with van der Waals surface area (Å²) in [5, 5.41) is 6.61. The molecule has 2 aromatic rings. The van der Waals surface area contributed by atoms with Crippen molar-refractivity contribution in [1.82, 2.24) is 5.32 Å². The first-order valence-corrected chi connectivity index (χ1v) is 10.8. The molecule has 0 saturated heterocycles. The van der Waals surface area contributed by atoms with Crippen molar-refractivity contribution in [2.75, 3.05) is 36.6 Å². The van der Waals surface area contributed by atoms with Crippen molar-refractivity contribution in [1.29, 1.82) is 0 Å². The molecule has 0 aliphatic heterocycles. The van der Waals surface area contributed by atoms with Crippen molar-refractivity contribution in [2.24, 2.45) is 0 Å². The molecule has 0 amide bonds. The van der Waals surface area contributed by atoms with E-state index in [9.17, 15) is 8.42 Å². The zero-order valence-electron chi connectivity index (χ0n) is 16.3. The molecule has 0 fully saturated rings. The molecular formula is C19H25N3O4S2. The molecule has 152 valence electrons. The summed E-state index contributed by atoms with van der Waals surface area (Å²) in [6.07, 6.45) is 1.16. The van der Waals surface area contributed by atoms with E-state index in [0.29, 0.717) is 34.6 Å². The second-order valence-corrected chi connectivity index (χ2v) is 8.66. The van der Waals surface area contributed by atoms with E-state index >= 15 is 0 Å². The van der Waals surface area contributed by atoms with Gasteiger partial charge >= 0.3 is 0 Å². The average Bonchev–Trinajstić information content (AvgIpc) is 2.65. The smallest absolute Gasteiger partial charge is 0.231 e. The first kappa shape index (κ1) is 21.8. The van der Waals surface area contributed by atoms with Crippen molar-refractivity contribution >= 4 is 38.7 Å². The minimum absolute atomic E-state index is 0.0632. The monoisotopic (exact) mass is 423 g/mol. The van der Waals surface area contributed by atoms with E-state index in [0.717, 1.165) is 6.26 Å². The Hall–Kier alpha value is -2.52. The highest BCUT2D eigenvalue weighted by molar-refractivity contribution is 7.92. The second kappa shape index (κ2) is 9.61. The maximum atomic E-state index is 11.7. The van der Waals surface area contributed by atoms with E-state index in [2.05, 4.69) is 10.6 Å². The van der Waals surface area contributed by atoms with Crippen molar-refractivity contribution in [2.45, 2.75) is 13.0 Å². The minimum atomic E-state index is -3.33. The highest BCUT2D eigenvalue weighted by atomic mass is 32.2. The number of nitrogens with zero attached hydrogens (tertiary/aromatic N) is 1. The third-order valence-corrected chi connectivity index (χ3v) is 5.33. The lowest BCUT2D eigenvalue weighted by atomic mass is 10.3. The van der Waals surface area contributed by atoms with Crippen molar-refractivity contribution in [3.63, 3.8) is 0 Å². The quantitative estimate of drug-likeness (QED) is 0.632. The van der Waals surface area contributed by atoms with E-state index in [-0.39, 0.29) is 6.04 Å². The Morgan fingerprint density at radius 3 is 2.50 bits per heavy atom. The highest BCUT2D eigenvalue weighted by Gasteiger charge is 2.13. The molecule has 0 bridgehead atoms. The van der Waals surface area contributed by atoms with E-state index in [1.54, 1.807) is 25.3 Å². The van der Waals surface area contributed by atoms with Crippen molar-refractivity contribution < 1.29 is 17.9 Å². The fraction of sp³-hybridized carbons (Fsp3) is 0.316. The number of para-hydroxylation sites is 2. The lowest BCUT2D eigenvalue weighted by Gasteiger charge is -2.20. The van der Waals surface area contributed by atoms with Gasteiger partial charge in [0.25, 0.3) is 0 Å². The summed E-state index contributed by atoms with van der Waals surface area (Å²) in [5.41, 5.74) is 1.23. The number of anilines is 2. The minimum Gasteiger partial charge on any atom is -0.493 e. The predicted octanol–water partition coefficient (Wildman–Crippen LogP) is 2.84. The summed E-state index contributed by atoms with van der Waals surface area (Å²) in [6, 6.07) is 14.4. The Kier molecular flexibility index (Phi) is 7.47. The molecule has 1 atom stereocenters. The SMILES string of the molecule is COc1ccccc1OCC(C)NC(=S)Nc1cccc(N(C)S(C)(=O)=O)c1. The number of rotatable bonds is 8. The molecule has 7 nitrogen and oxygen atoms in total. The van der Waals surface area contributed by atoms with Gasteiger partial charge in [0.1, 0.15) is 6.61 Å². The Labute approximate surface area is 171 Å². The van der Waals surface area contributed by atoms with Crippen LogP contribution in [0, 0.1) is 0 Å². The van der Waals surface area contributed by atoms with Crippen molar-refractivity contribution in [3.8, 4) is 11.5 Å². The highest BCUT2D eigenvalue weighted by Crippen LogP contribution is 2.25. The summed E-state index contributed by atoms with van der Waals surface area (Å²) >= 11 is 5.34. The Morgan fingerprint density at radius 2 is 1.86 bits per heavy atom. The van der Waals surface area contributed by atoms with Gasteiger partial charge in [-0.05, 0) is 49.5 Å². The maximum Gasteiger partial charge on any atom is 0.231 e. The second-order valence-electron chi connectivity index (χ2n) is 6.24. The summed E-state index contributed by atoms with van der Waals surface area (Å²) in [4.78, 5) is 0. The molecule has 0 radical (unpaired) electrons. The first-order chi connectivity index (χ1) is 13.2. The van der Waals surface area contributed by atoms with Crippen LogP contribution < -0.4 is 24.4 Å². The molecule has 9 heteroatoms. The van der Waals surface area contributed by atoms with Gasteiger partial charge in [-0.3, -0.25) is 4.31 Å². The Bertz CT molecular complexity index is 919. The number of thiocarbonyl (C=S) groups is 1. The van der Waals surface area contributed by atoms with Gasteiger partial charge < -0.3 is 20.1 Å². The molecule has 0 heterocycles. The van der Waals surface area contributed by atoms with Gasteiger partial charge in [0.05, 0.1) is 25.1 Å². The predicted molar refractivity (Wildman–Crippen MR) is 117 cm³/mol. The molecule has 28 heavy (non-hydrogen) atoms. The average molecular weight is 424 g/mol.